The summed E-state index contributed by atoms with van der Waals surface area (Å²) in [5.74, 6) is -0.437. The molecule has 4 nitrogen and oxygen atoms in total. The van der Waals surface area contributed by atoms with Crippen molar-refractivity contribution < 1.29 is 19.1 Å². The second-order valence-corrected chi connectivity index (χ2v) is 3.66. The maximum absolute atomic E-state index is 11.4. The summed E-state index contributed by atoms with van der Waals surface area (Å²) < 4.78 is 10.4. The third-order valence-electron chi connectivity index (χ3n) is 2.49. The quantitative estimate of drug-likeness (QED) is 0.803. The molecule has 0 aliphatic heterocycles. The molecular weight excluding hydrogens is 232 g/mol. The predicted octanol–water partition coefficient (Wildman–Crippen LogP) is 0.549. The Morgan fingerprint density at radius 1 is 1.33 bits per heavy atom. The Labute approximate surface area is 104 Å². The van der Waals surface area contributed by atoms with E-state index in [2.05, 4.69) is 0 Å². The van der Waals surface area contributed by atoms with E-state index in [0.717, 1.165) is 10.8 Å². The van der Waals surface area contributed by atoms with Gasteiger partial charge in [0.25, 0.3) is 0 Å². The summed E-state index contributed by atoms with van der Waals surface area (Å²) in [4.78, 5) is 11.4. The molecule has 4 heteroatoms. The normalized spacial score (nSPS) is 13.2. The predicted molar refractivity (Wildman–Crippen MR) is 68.1 cm³/mol. The molecule has 0 amide bonds. The lowest BCUT2D eigenvalue weighted by molar-refractivity contribution is -0.135. The highest BCUT2D eigenvalue weighted by molar-refractivity contribution is 6.01. The van der Waals surface area contributed by atoms with Gasteiger partial charge in [0.2, 0.25) is 0 Å². The van der Waals surface area contributed by atoms with E-state index in [1.807, 2.05) is 24.3 Å². The molecule has 0 saturated carbocycles. The van der Waals surface area contributed by atoms with Crippen molar-refractivity contribution in [2.75, 3.05) is 13.2 Å². The molecule has 2 rings (SSSR count). The van der Waals surface area contributed by atoms with Gasteiger partial charge in [-0.05, 0) is 13.0 Å². The number of carbonyl (C=O) groups is 1. The highest BCUT2D eigenvalue weighted by atomic mass is 16.5. The summed E-state index contributed by atoms with van der Waals surface area (Å²) in [5, 5.41) is 10.6. The van der Waals surface area contributed by atoms with Gasteiger partial charge in [0.1, 0.15) is 10.8 Å². The number of aliphatic hydroxyl groups is 1. The number of hydrogen-bond acceptors (Lipinski definition) is 4. The van der Waals surface area contributed by atoms with Gasteiger partial charge in [-0.25, -0.2) is 4.79 Å². The Morgan fingerprint density at radius 3 is 2.61 bits per heavy atom. The fourth-order valence-corrected chi connectivity index (χ4v) is 1.77. The van der Waals surface area contributed by atoms with E-state index in [1.54, 1.807) is 13.0 Å². The number of rotatable bonds is 3. The molecule has 0 saturated heterocycles. The maximum atomic E-state index is 11.4. The average Bonchev–Trinajstić information content (AvgIpc) is 2.69. The Balaban J connectivity index is 2.65. The van der Waals surface area contributed by atoms with E-state index in [4.69, 9.17) is 14.3 Å². The average molecular weight is 246 g/mol. The summed E-state index contributed by atoms with van der Waals surface area (Å²) in [6, 6.07) is 7.48. The Morgan fingerprint density at radius 2 is 2.00 bits per heavy atom. The molecule has 1 N–H and O–H groups in total. The molecular formula is C14H14O4. The van der Waals surface area contributed by atoms with Crippen molar-refractivity contribution in [1.29, 1.82) is 0 Å². The van der Waals surface area contributed by atoms with Crippen molar-refractivity contribution in [1.82, 2.24) is 0 Å². The minimum Gasteiger partial charge on any atom is -0.463 e. The van der Waals surface area contributed by atoms with Gasteiger partial charge < -0.3 is 14.3 Å². The van der Waals surface area contributed by atoms with Crippen LogP contribution >= 0.6 is 0 Å². The van der Waals surface area contributed by atoms with Crippen LogP contribution in [0.2, 0.25) is 0 Å². The summed E-state index contributed by atoms with van der Waals surface area (Å²) in [5.41, 5.74) is 1.01. The number of benzene rings is 1. The highest BCUT2D eigenvalue weighted by Gasteiger charge is 2.04. The first-order valence-electron chi connectivity index (χ1n) is 5.73. The number of aliphatic hydroxyl groups excluding tert-OH is 1. The van der Waals surface area contributed by atoms with Crippen molar-refractivity contribution in [2.24, 2.45) is 0 Å². The molecule has 0 spiro atoms. The van der Waals surface area contributed by atoms with Crippen molar-refractivity contribution in [3.63, 3.8) is 0 Å². The monoisotopic (exact) mass is 246 g/mol. The summed E-state index contributed by atoms with van der Waals surface area (Å²) in [6.07, 6.45) is 2.88. The number of esters is 1. The van der Waals surface area contributed by atoms with Crippen LogP contribution in [0, 0.1) is 0 Å². The van der Waals surface area contributed by atoms with Crippen molar-refractivity contribution in [2.45, 2.75) is 6.92 Å². The number of fused-ring (bicyclic) bond motifs is 1. The van der Waals surface area contributed by atoms with E-state index >= 15 is 0 Å². The van der Waals surface area contributed by atoms with Crippen LogP contribution in [0.4, 0.5) is 0 Å². The molecule has 0 atom stereocenters. The molecule has 1 aromatic carbocycles. The van der Waals surface area contributed by atoms with Crippen LogP contribution < -0.4 is 10.8 Å². The third-order valence-corrected chi connectivity index (χ3v) is 2.49. The van der Waals surface area contributed by atoms with Crippen LogP contribution in [-0.4, -0.2) is 24.3 Å². The second kappa shape index (κ2) is 5.51. The van der Waals surface area contributed by atoms with Gasteiger partial charge >= 0.3 is 5.97 Å². The summed E-state index contributed by atoms with van der Waals surface area (Å²) in [6.45, 7) is 1.96. The molecule has 0 fully saturated rings. The minimum atomic E-state index is -0.437. The lowest BCUT2D eigenvalue weighted by Crippen LogP contribution is -2.07. The van der Waals surface area contributed by atoms with Gasteiger partial charge in [-0.1, -0.05) is 24.3 Å². The van der Waals surface area contributed by atoms with Crippen LogP contribution in [-0.2, 0) is 9.53 Å². The molecule has 18 heavy (non-hydrogen) atoms. The van der Waals surface area contributed by atoms with Crippen LogP contribution in [0.25, 0.3) is 22.9 Å². The highest BCUT2D eigenvalue weighted by Crippen LogP contribution is 2.04. The van der Waals surface area contributed by atoms with E-state index in [0.29, 0.717) is 17.4 Å². The largest absolute Gasteiger partial charge is 0.463 e. The smallest absolute Gasteiger partial charge is 0.334 e. The fourth-order valence-electron chi connectivity index (χ4n) is 1.77. The SMILES string of the molecule is CCOC(=O)/C=c1\o/c(=C\CO)c2ccccc12. The zero-order valence-corrected chi connectivity index (χ0v) is 10.1. The first-order chi connectivity index (χ1) is 8.76. The Hall–Kier alpha value is -2.07. The first kappa shape index (κ1) is 12.4. The standard InChI is InChI=1S/C14H14O4/c1-2-17-14(16)9-13-11-6-4-3-5-10(11)12(18-13)7-8-15/h3-7,9,15H,2,8H2,1H3/b12-7-,13-9-. The van der Waals surface area contributed by atoms with E-state index in [1.165, 1.54) is 6.08 Å². The molecule has 0 aliphatic rings. The lowest BCUT2D eigenvalue weighted by atomic mass is 10.2. The number of ether oxygens (including phenoxy) is 1. The second-order valence-electron chi connectivity index (χ2n) is 3.66. The molecule has 0 aliphatic carbocycles. The molecule has 1 aromatic heterocycles. The van der Waals surface area contributed by atoms with Crippen molar-refractivity contribution in [3.8, 4) is 0 Å². The molecule has 94 valence electrons. The van der Waals surface area contributed by atoms with Crippen molar-refractivity contribution >= 4 is 28.9 Å². The summed E-state index contributed by atoms with van der Waals surface area (Å²) in [7, 11) is 0. The molecule has 2 aromatic rings. The zero-order chi connectivity index (χ0) is 13.0. The van der Waals surface area contributed by atoms with Crippen molar-refractivity contribution in [3.05, 3.63) is 35.1 Å². The molecule has 0 radical (unpaired) electrons. The van der Waals surface area contributed by atoms with Gasteiger partial charge in [0, 0.05) is 10.8 Å². The zero-order valence-electron chi connectivity index (χ0n) is 10.1. The van der Waals surface area contributed by atoms with E-state index in [-0.39, 0.29) is 6.61 Å². The third kappa shape index (κ3) is 2.43. The minimum absolute atomic E-state index is 0.115. The number of hydrogen-bond donors (Lipinski definition) is 1. The van der Waals surface area contributed by atoms with E-state index in [9.17, 15) is 4.79 Å². The lowest BCUT2D eigenvalue weighted by Gasteiger charge is -1.92. The summed E-state index contributed by atoms with van der Waals surface area (Å²) >= 11 is 0. The number of carbonyl (C=O) groups excluding carboxylic acids is 1. The van der Waals surface area contributed by atoms with Crippen LogP contribution in [0.1, 0.15) is 6.92 Å². The van der Waals surface area contributed by atoms with Gasteiger partial charge in [-0.3, -0.25) is 0 Å². The molecule has 0 bridgehead atoms. The Kier molecular flexibility index (Phi) is 3.79. The van der Waals surface area contributed by atoms with Gasteiger partial charge in [-0.2, -0.15) is 0 Å². The van der Waals surface area contributed by atoms with Gasteiger partial charge in [0.05, 0.1) is 19.3 Å². The maximum Gasteiger partial charge on any atom is 0.334 e. The Bertz CT molecular complexity index is 667. The van der Waals surface area contributed by atoms with Gasteiger partial charge in [-0.15, -0.1) is 0 Å². The molecule has 0 unspecified atom stereocenters. The van der Waals surface area contributed by atoms with Crippen LogP contribution in [0.3, 0.4) is 0 Å². The van der Waals surface area contributed by atoms with Crippen LogP contribution in [0.15, 0.2) is 28.7 Å². The number of furan rings is 1. The first-order valence-corrected chi connectivity index (χ1v) is 5.73. The topological polar surface area (TPSA) is 59.7 Å². The van der Waals surface area contributed by atoms with E-state index < -0.39 is 5.97 Å². The van der Waals surface area contributed by atoms with Crippen LogP contribution in [0.5, 0.6) is 0 Å². The fraction of sp³-hybridized carbons (Fsp3) is 0.214. The molecule has 1 heterocycles. The van der Waals surface area contributed by atoms with Gasteiger partial charge in [0.15, 0.2) is 0 Å².